The van der Waals surface area contributed by atoms with Crippen molar-refractivity contribution >= 4 is 23.9 Å². The minimum absolute atomic E-state index is 0.193. The van der Waals surface area contributed by atoms with Crippen LogP contribution in [0.5, 0.6) is 0 Å². The van der Waals surface area contributed by atoms with Crippen molar-refractivity contribution in [3.63, 3.8) is 0 Å². The van der Waals surface area contributed by atoms with E-state index >= 15 is 0 Å². The van der Waals surface area contributed by atoms with Crippen LogP contribution in [0.2, 0.25) is 0 Å². The molecular formula is C33H46O12. The summed E-state index contributed by atoms with van der Waals surface area (Å²) in [6, 6.07) is 0. The highest BCUT2D eigenvalue weighted by Crippen LogP contribution is 2.73. The summed E-state index contributed by atoms with van der Waals surface area (Å²) < 4.78 is 28.8. The van der Waals surface area contributed by atoms with Crippen LogP contribution in [0.25, 0.3) is 0 Å². The molecule has 3 N–H and O–H groups in total. The normalized spacial score (nSPS) is 52.7. The monoisotopic (exact) mass is 634 g/mol. The number of esters is 4. The number of rotatable bonds is 5. The third-order valence-electron chi connectivity index (χ3n) is 13.3. The summed E-state index contributed by atoms with van der Waals surface area (Å²) in [6.45, 7) is 11.1. The average Bonchev–Trinajstić information content (AvgIpc) is 3.65. The Labute approximate surface area is 262 Å². The van der Waals surface area contributed by atoms with Crippen LogP contribution < -0.4 is 0 Å². The molecule has 2 aliphatic heterocycles. The second kappa shape index (κ2) is 10.2. The topological polar surface area (TPSA) is 178 Å². The highest BCUT2D eigenvalue weighted by atomic mass is 16.6. The molecule has 16 atom stereocenters. The fraction of sp³-hybridized carbons (Fsp3) is 0.818. The van der Waals surface area contributed by atoms with E-state index in [-0.39, 0.29) is 18.4 Å². The number of carbonyl (C=O) groups excluding carboxylic acids is 4. The van der Waals surface area contributed by atoms with Gasteiger partial charge < -0.3 is 39.0 Å². The van der Waals surface area contributed by atoms with Gasteiger partial charge in [-0.2, -0.15) is 0 Å². The molecule has 12 nitrogen and oxygen atoms in total. The second-order valence-electron chi connectivity index (χ2n) is 15.1. The van der Waals surface area contributed by atoms with Gasteiger partial charge in [-0.3, -0.25) is 14.4 Å². The van der Waals surface area contributed by atoms with Crippen LogP contribution >= 0.6 is 0 Å². The predicted molar refractivity (Wildman–Crippen MR) is 153 cm³/mol. The molecule has 0 aromatic rings. The van der Waals surface area contributed by atoms with Crippen LogP contribution in [0.3, 0.4) is 0 Å². The standard InChI is InChI=1S/C33H46O12/c1-13-9-21-32(6,33(7,40)29(39)45-21)24-22(13)31(5)20(42-14(2)35)11-17(16(12-34)23(31)25(24)37)30(4)18(28(38)41-8)10-19-26(44-19)27(30)43-15(3)36/h9,13,16-20,22-27,34,37,40H,10-12H2,1-8H3/t13?,16?,17?,18?,19-,20-,22?,23?,24?,25?,26-,27-,30+,31+,32-,33+/m0/s1. The molecule has 0 amide bonds. The molecule has 0 aromatic carbocycles. The van der Waals surface area contributed by atoms with E-state index in [4.69, 9.17) is 23.7 Å². The Morgan fingerprint density at radius 3 is 2.22 bits per heavy atom. The van der Waals surface area contributed by atoms with Crippen molar-refractivity contribution in [2.24, 2.45) is 57.7 Å². The number of fused-ring (bicyclic) bond motifs is 6. The van der Waals surface area contributed by atoms with Gasteiger partial charge >= 0.3 is 23.9 Å². The zero-order valence-electron chi connectivity index (χ0n) is 27.1. The SMILES string of the molecule is COC(=O)C1C[C@@H]2O[C@@H]2[C@H](OC(C)=O)[C@]1(C)C1C[C@H](OC(C)=O)[C@@]2(C)C(C(O)C3C2C(C)C=C2OC(=O)[C@@](C)(O)[C@@]23C)C1CO. The molecule has 0 radical (unpaired) electrons. The Balaban J connectivity index is 1.54. The summed E-state index contributed by atoms with van der Waals surface area (Å²) >= 11 is 0. The van der Waals surface area contributed by atoms with Gasteiger partial charge in [0.15, 0.2) is 5.60 Å². The van der Waals surface area contributed by atoms with Crippen LogP contribution in [0.4, 0.5) is 0 Å². The minimum atomic E-state index is -1.96. The largest absolute Gasteiger partial charge is 0.469 e. The zero-order chi connectivity index (χ0) is 33.2. The summed E-state index contributed by atoms with van der Waals surface area (Å²) in [5, 5.41) is 35.4. The molecule has 250 valence electrons. The number of hydrogen-bond donors (Lipinski definition) is 3. The Morgan fingerprint density at radius 1 is 1.00 bits per heavy atom. The molecule has 3 saturated carbocycles. The molecule has 8 unspecified atom stereocenters. The van der Waals surface area contributed by atoms with Crippen LogP contribution in [0.15, 0.2) is 11.8 Å². The first-order valence-corrected chi connectivity index (χ1v) is 16.0. The number of ether oxygens (including phenoxy) is 5. The number of methoxy groups -OCH3 is 1. The van der Waals surface area contributed by atoms with Crippen LogP contribution in [0, 0.1) is 57.7 Å². The number of epoxide rings is 1. The van der Waals surface area contributed by atoms with Crippen molar-refractivity contribution in [1.29, 1.82) is 0 Å². The number of aliphatic hydroxyl groups excluding tert-OH is 2. The first-order valence-electron chi connectivity index (χ1n) is 16.0. The Hall–Kier alpha value is -2.54. The van der Waals surface area contributed by atoms with Crippen molar-refractivity contribution in [3.8, 4) is 0 Å². The lowest BCUT2D eigenvalue weighted by Crippen LogP contribution is -2.64. The lowest BCUT2D eigenvalue weighted by Gasteiger charge is -2.59. The lowest BCUT2D eigenvalue weighted by molar-refractivity contribution is -0.214. The molecule has 0 bridgehead atoms. The van der Waals surface area contributed by atoms with Gasteiger partial charge in [-0.1, -0.05) is 20.8 Å². The molecule has 2 heterocycles. The molecular weight excluding hydrogens is 588 g/mol. The summed E-state index contributed by atoms with van der Waals surface area (Å²) in [7, 11) is 1.29. The van der Waals surface area contributed by atoms with Crippen LogP contribution in [-0.2, 0) is 42.9 Å². The van der Waals surface area contributed by atoms with E-state index in [0.717, 1.165) is 0 Å². The molecule has 4 aliphatic carbocycles. The lowest BCUT2D eigenvalue weighted by atomic mass is 9.46. The highest BCUT2D eigenvalue weighted by molar-refractivity contribution is 5.85. The molecule has 6 aliphatic rings. The smallest absolute Gasteiger partial charge is 0.343 e. The molecule has 2 saturated heterocycles. The number of carbonyl (C=O) groups is 4. The summed E-state index contributed by atoms with van der Waals surface area (Å²) in [5.41, 5.74) is -5.35. The van der Waals surface area contributed by atoms with Crippen molar-refractivity contribution in [3.05, 3.63) is 11.8 Å². The third kappa shape index (κ3) is 4.04. The number of allylic oxidation sites excluding steroid dienone is 1. The summed E-state index contributed by atoms with van der Waals surface area (Å²) in [4.78, 5) is 51.6. The average molecular weight is 635 g/mol. The predicted octanol–water partition coefficient (Wildman–Crippen LogP) is 1.52. The molecule has 12 heteroatoms. The van der Waals surface area contributed by atoms with E-state index in [1.165, 1.54) is 27.9 Å². The zero-order valence-corrected chi connectivity index (χ0v) is 27.1. The van der Waals surface area contributed by atoms with E-state index < -0.39 is 112 Å². The molecule has 6 rings (SSSR count). The highest BCUT2D eigenvalue weighted by Gasteiger charge is 2.79. The van der Waals surface area contributed by atoms with Gasteiger partial charge in [0, 0.05) is 37.2 Å². The fourth-order valence-corrected chi connectivity index (χ4v) is 11.2. The Kier molecular flexibility index (Phi) is 7.36. The third-order valence-corrected chi connectivity index (χ3v) is 13.3. The molecule has 45 heavy (non-hydrogen) atoms. The van der Waals surface area contributed by atoms with Gasteiger partial charge in [-0.05, 0) is 62.4 Å². The fourth-order valence-electron chi connectivity index (χ4n) is 11.2. The number of hydrogen-bond acceptors (Lipinski definition) is 12. The maximum Gasteiger partial charge on any atom is 0.343 e. The van der Waals surface area contributed by atoms with Crippen molar-refractivity contribution < 1.29 is 58.2 Å². The van der Waals surface area contributed by atoms with Crippen LogP contribution in [0.1, 0.15) is 61.3 Å². The quantitative estimate of drug-likeness (QED) is 0.226. The maximum absolute atomic E-state index is 13.5. The van der Waals surface area contributed by atoms with Crippen molar-refractivity contribution in [2.75, 3.05) is 13.7 Å². The van der Waals surface area contributed by atoms with E-state index in [1.807, 2.05) is 26.8 Å². The van der Waals surface area contributed by atoms with Gasteiger partial charge in [0.2, 0.25) is 0 Å². The van der Waals surface area contributed by atoms with E-state index in [9.17, 15) is 34.5 Å². The van der Waals surface area contributed by atoms with E-state index in [1.54, 1.807) is 6.92 Å². The van der Waals surface area contributed by atoms with Crippen molar-refractivity contribution in [2.45, 2.75) is 97.4 Å². The molecule has 0 aromatic heterocycles. The van der Waals surface area contributed by atoms with Crippen molar-refractivity contribution in [1.82, 2.24) is 0 Å². The van der Waals surface area contributed by atoms with Crippen LogP contribution in [-0.4, -0.2) is 89.0 Å². The Bertz CT molecular complexity index is 1340. The van der Waals surface area contributed by atoms with Gasteiger partial charge in [-0.15, -0.1) is 0 Å². The number of aliphatic hydroxyl groups is 3. The molecule has 5 fully saturated rings. The van der Waals surface area contributed by atoms with Gasteiger partial charge in [-0.25, -0.2) is 4.79 Å². The first kappa shape index (κ1) is 32.4. The maximum atomic E-state index is 13.5. The molecule has 0 spiro atoms. The Morgan fingerprint density at radius 2 is 1.64 bits per heavy atom. The van der Waals surface area contributed by atoms with Gasteiger partial charge in [0.25, 0.3) is 0 Å². The van der Waals surface area contributed by atoms with Gasteiger partial charge in [0.1, 0.15) is 24.1 Å². The van der Waals surface area contributed by atoms with E-state index in [0.29, 0.717) is 12.2 Å². The summed E-state index contributed by atoms with van der Waals surface area (Å²) in [6.07, 6.45) is -1.28. The first-order chi connectivity index (χ1) is 20.9. The van der Waals surface area contributed by atoms with Gasteiger partial charge in [0.05, 0.1) is 30.7 Å². The summed E-state index contributed by atoms with van der Waals surface area (Å²) in [5.74, 6) is -6.27. The minimum Gasteiger partial charge on any atom is -0.469 e. The van der Waals surface area contributed by atoms with E-state index in [2.05, 4.69) is 0 Å². The second-order valence-corrected chi connectivity index (χ2v) is 15.1.